The predicted molar refractivity (Wildman–Crippen MR) is 66.0 cm³/mol. The van der Waals surface area contributed by atoms with Crippen molar-refractivity contribution < 1.29 is 9.53 Å². The van der Waals surface area contributed by atoms with Crippen LogP contribution in [-0.2, 0) is 9.53 Å². The van der Waals surface area contributed by atoms with E-state index in [-0.39, 0.29) is 11.9 Å². The first-order valence-corrected chi connectivity index (χ1v) is 6.35. The Hall–Kier alpha value is -1.09. The van der Waals surface area contributed by atoms with Gasteiger partial charge in [0.1, 0.15) is 5.15 Å². The van der Waals surface area contributed by atoms with Gasteiger partial charge in [-0.15, -0.1) is 0 Å². The number of esters is 1. The second-order valence-electron chi connectivity index (χ2n) is 4.36. The van der Waals surface area contributed by atoms with Crippen LogP contribution in [0, 0.1) is 5.92 Å². The number of nitrogens with zero attached hydrogens (tertiary/aromatic N) is 1. The zero-order valence-electron chi connectivity index (χ0n) is 9.86. The molecule has 1 aliphatic carbocycles. The van der Waals surface area contributed by atoms with E-state index in [1.54, 1.807) is 6.20 Å². The van der Waals surface area contributed by atoms with Gasteiger partial charge in [0.2, 0.25) is 0 Å². The second kappa shape index (κ2) is 5.50. The van der Waals surface area contributed by atoms with Crippen molar-refractivity contribution in [1.82, 2.24) is 4.98 Å². The molecule has 0 aromatic carbocycles. The molecule has 1 saturated carbocycles. The van der Waals surface area contributed by atoms with Crippen LogP contribution in [0.1, 0.15) is 37.7 Å². The lowest BCUT2D eigenvalue weighted by Crippen LogP contribution is -2.12. The molecule has 2 rings (SSSR count). The fourth-order valence-corrected chi connectivity index (χ4v) is 2.29. The third kappa shape index (κ3) is 3.43. The van der Waals surface area contributed by atoms with E-state index in [9.17, 15) is 4.79 Å². The van der Waals surface area contributed by atoms with Gasteiger partial charge in [-0.1, -0.05) is 11.6 Å². The number of pyridine rings is 1. The Balaban J connectivity index is 2.09. The zero-order valence-corrected chi connectivity index (χ0v) is 10.6. The van der Waals surface area contributed by atoms with Crippen LogP contribution in [0.15, 0.2) is 18.3 Å². The van der Waals surface area contributed by atoms with Crippen LogP contribution in [0.4, 0.5) is 0 Å². The molecule has 4 heteroatoms. The summed E-state index contributed by atoms with van der Waals surface area (Å²) in [4.78, 5) is 15.5. The van der Waals surface area contributed by atoms with Crippen molar-refractivity contribution in [1.29, 1.82) is 0 Å². The van der Waals surface area contributed by atoms with Gasteiger partial charge >= 0.3 is 5.97 Å². The number of rotatable bonds is 5. The molecule has 17 heavy (non-hydrogen) atoms. The lowest BCUT2D eigenvalue weighted by molar-refractivity contribution is -0.143. The van der Waals surface area contributed by atoms with E-state index < -0.39 is 0 Å². The van der Waals surface area contributed by atoms with E-state index in [0.29, 0.717) is 24.1 Å². The van der Waals surface area contributed by atoms with Crippen molar-refractivity contribution in [3.05, 3.63) is 29.0 Å². The molecule has 1 aromatic rings. The summed E-state index contributed by atoms with van der Waals surface area (Å²) in [5.74, 6) is 0.699. The Morgan fingerprint density at radius 1 is 1.65 bits per heavy atom. The van der Waals surface area contributed by atoms with Gasteiger partial charge in [-0.2, -0.15) is 0 Å². The molecular weight excluding hydrogens is 238 g/mol. The van der Waals surface area contributed by atoms with Gasteiger partial charge in [0.25, 0.3) is 0 Å². The minimum atomic E-state index is -0.127. The molecule has 1 atom stereocenters. The van der Waals surface area contributed by atoms with E-state index in [2.05, 4.69) is 4.98 Å². The summed E-state index contributed by atoms with van der Waals surface area (Å²) in [5, 5.41) is 0.483. The normalized spacial score (nSPS) is 16.6. The van der Waals surface area contributed by atoms with E-state index >= 15 is 0 Å². The third-order valence-electron chi connectivity index (χ3n) is 3.06. The van der Waals surface area contributed by atoms with Crippen LogP contribution in [0.5, 0.6) is 0 Å². The maximum Gasteiger partial charge on any atom is 0.306 e. The smallest absolute Gasteiger partial charge is 0.306 e. The Morgan fingerprint density at radius 3 is 3.00 bits per heavy atom. The molecule has 0 radical (unpaired) electrons. The molecule has 0 spiro atoms. The maximum absolute atomic E-state index is 11.6. The topological polar surface area (TPSA) is 39.2 Å². The molecular formula is C13H16ClNO2. The average Bonchev–Trinajstić information content (AvgIpc) is 3.10. The fourth-order valence-electron chi connectivity index (χ4n) is 2.10. The molecule has 0 bridgehead atoms. The summed E-state index contributed by atoms with van der Waals surface area (Å²) in [6.45, 7) is 2.26. The largest absolute Gasteiger partial charge is 0.466 e. The summed E-state index contributed by atoms with van der Waals surface area (Å²) in [6, 6.07) is 3.79. The Labute approximate surface area is 106 Å². The van der Waals surface area contributed by atoms with Gasteiger partial charge in [-0.05, 0) is 49.3 Å². The number of aromatic nitrogens is 1. The van der Waals surface area contributed by atoms with Crippen molar-refractivity contribution >= 4 is 17.6 Å². The summed E-state index contributed by atoms with van der Waals surface area (Å²) in [6.07, 6.45) is 4.51. The first-order valence-electron chi connectivity index (χ1n) is 5.97. The molecule has 1 heterocycles. The quantitative estimate of drug-likeness (QED) is 0.598. The number of carbonyl (C=O) groups is 1. The lowest BCUT2D eigenvalue weighted by atomic mass is 9.92. The number of hydrogen-bond donors (Lipinski definition) is 0. The summed E-state index contributed by atoms with van der Waals surface area (Å²) >= 11 is 5.88. The Morgan fingerprint density at radius 2 is 2.41 bits per heavy atom. The first-order chi connectivity index (χ1) is 8.20. The van der Waals surface area contributed by atoms with Crippen LogP contribution in [0.3, 0.4) is 0 Å². The highest BCUT2D eigenvalue weighted by molar-refractivity contribution is 6.29. The summed E-state index contributed by atoms with van der Waals surface area (Å²) < 4.78 is 5.01. The van der Waals surface area contributed by atoms with Crippen molar-refractivity contribution in [2.75, 3.05) is 6.61 Å². The third-order valence-corrected chi connectivity index (χ3v) is 3.27. The van der Waals surface area contributed by atoms with Gasteiger partial charge in [0.15, 0.2) is 0 Å². The first kappa shape index (κ1) is 12.4. The molecule has 0 aliphatic heterocycles. The molecule has 3 nitrogen and oxygen atoms in total. The van der Waals surface area contributed by atoms with E-state index in [0.717, 1.165) is 5.56 Å². The van der Waals surface area contributed by atoms with Gasteiger partial charge in [-0.3, -0.25) is 4.79 Å². The second-order valence-corrected chi connectivity index (χ2v) is 4.75. The van der Waals surface area contributed by atoms with Crippen molar-refractivity contribution in [2.24, 2.45) is 5.92 Å². The Kier molecular flexibility index (Phi) is 4.00. The van der Waals surface area contributed by atoms with E-state index in [1.165, 1.54) is 12.8 Å². The van der Waals surface area contributed by atoms with Crippen LogP contribution in [0.2, 0.25) is 5.15 Å². The van der Waals surface area contributed by atoms with Gasteiger partial charge in [-0.25, -0.2) is 4.98 Å². The average molecular weight is 254 g/mol. The molecule has 1 aromatic heterocycles. The predicted octanol–water partition coefficient (Wildman–Crippen LogP) is 3.18. The fraction of sp³-hybridized carbons (Fsp3) is 0.538. The Bertz CT molecular complexity index is 404. The van der Waals surface area contributed by atoms with Gasteiger partial charge < -0.3 is 4.74 Å². The highest BCUT2D eigenvalue weighted by Crippen LogP contribution is 2.44. The van der Waals surface area contributed by atoms with Gasteiger partial charge in [0, 0.05) is 6.20 Å². The molecule has 1 aliphatic rings. The standard InChI is InChI=1S/C13H16ClNO2/c1-2-17-13(16)8-11(9-3-4-9)10-5-6-15-12(14)7-10/h5-7,9,11H,2-4,8H2,1H3. The molecule has 0 saturated heterocycles. The molecule has 1 unspecified atom stereocenters. The summed E-state index contributed by atoms with van der Waals surface area (Å²) in [5.41, 5.74) is 1.10. The molecule has 0 N–H and O–H groups in total. The lowest BCUT2D eigenvalue weighted by Gasteiger charge is -2.15. The minimum Gasteiger partial charge on any atom is -0.466 e. The van der Waals surface area contributed by atoms with Crippen molar-refractivity contribution in [2.45, 2.75) is 32.1 Å². The van der Waals surface area contributed by atoms with Crippen LogP contribution in [-0.4, -0.2) is 17.6 Å². The number of ether oxygens (including phenoxy) is 1. The molecule has 0 amide bonds. The maximum atomic E-state index is 11.6. The molecule has 1 fully saturated rings. The van der Waals surface area contributed by atoms with Gasteiger partial charge in [0.05, 0.1) is 13.0 Å². The minimum absolute atomic E-state index is 0.127. The van der Waals surface area contributed by atoms with Crippen LogP contribution < -0.4 is 0 Å². The van der Waals surface area contributed by atoms with Crippen LogP contribution >= 0.6 is 11.6 Å². The highest BCUT2D eigenvalue weighted by Gasteiger charge is 2.34. The zero-order chi connectivity index (χ0) is 12.3. The van der Waals surface area contributed by atoms with Crippen LogP contribution in [0.25, 0.3) is 0 Å². The molecule has 92 valence electrons. The highest BCUT2D eigenvalue weighted by atomic mass is 35.5. The number of halogens is 1. The number of carbonyl (C=O) groups excluding carboxylic acids is 1. The van der Waals surface area contributed by atoms with E-state index in [4.69, 9.17) is 16.3 Å². The van der Waals surface area contributed by atoms with E-state index in [1.807, 2.05) is 19.1 Å². The SMILES string of the molecule is CCOC(=O)CC(c1ccnc(Cl)c1)C1CC1. The van der Waals surface area contributed by atoms with Crippen molar-refractivity contribution in [3.8, 4) is 0 Å². The number of hydrogen-bond acceptors (Lipinski definition) is 3. The van der Waals surface area contributed by atoms with Crippen molar-refractivity contribution in [3.63, 3.8) is 0 Å². The monoisotopic (exact) mass is 253 g/mol. The summed E-state index contributed by atoms with van der Waals surface area (Å²) in [7, 11) is 0.